The molecule has 0 aromatic carbocycles. The molecule has 0 atom stereocenters. The molecule has 1 aromatic rings. The van der Waals surface area contributed by atoms with Gasteiger partial charge in [-0.15, -0.1) is 0 Å². The monoisotopic (exact) mass is 208 g/mol. The van der Waals surface area contributed by atoms with Crippen LogP contribution < -0.4 is 10.2 Å². The Morgan fingerprint density at radius 2 is 2.13 bits per heavy atom. The Morgan fingerprint density at radius 3 is 2.73 bits per heavy atom. The van der Waals surface area contributed by atoms with E-state index in [0.29, 0.717) is 0 Å². The number of hydrogen-bond acceptors (Lipinski definition) is 4. The van der Waals surface area contributed by atoms with E-state index in [4.69, 9.17) is 0 Å². The Balaban J connectivity index is 2.60. The number of aromatic nitrogens is 2. The Hall–Kier alpha value is -1.32. The number of anilines is 2. The van der Waals surface area contributed by atoms with Gasteiger partial charge in [0.05, 0.1) is 0 Å². The molecule has 0 spiro atoms. The quantitative estimate of drug-likeness (QED) is 0.803. The van der Waals surface area contributed by atoms with E-state index >= 15 is 0 Å². The summed E-state index contributed by atoms with van der Waals surface area (Å²) in [6.45, 7) is 5.48. The van der Waals surface area contributed by atoms with Crippen molar-refractivity contribution in [3.05, 3.63) is 12.4 Å². The minimum atomic E-state index is 0.720. The molecule has 0 amide bonds. The maximum atomic E-state index is 4.24. The van der Waals surface area contributed by atoms with Crippen LogP contribution in [0.5, 0.6) is 0 Å². The highest BCUT2D eigenvalue weighted by Crippen LogP contribution is 2.13. The standard InChI is InChI=1S/C11H20N4/c1-9(2)5-6-15(4)11-7-10(12-3)13-8-14-11/h7-9H,5-6H2,1-4H3,(H,12,13,14). The smallest absolute Gasteiger partial charge is 0.133 e. The molecule has 0 bridgehead atoms. The molecular formula is C11H20N4. The topological polar surface area (TPSA) is 41.0 Å². The molecule has 0 aliphatic carbocycles. The van der Waals surface area contributed by atoms with Gasteiger partial charge in [-0.25, -0.2) is 9.97 Å². The fraction of sp³-hybridized carbons (Fsp3) is 0.636. The van der Waals surface area contributed by atoms with Crippen LogP contribution in [0.3, 0.4) is 0 Å². The van der Waals surface area contributed by atoms with Crippen molar-refractivity contribution in [2.75, 3.05) is 30.9 Å². The lowest BCUT2D eigenvalue weighted by Gasteiger charge is -2.19. The van der Waals surface area contributed by atoms with Gasteiger partial charge < -0.3 is 10.2 Å². The minimum absolute atomic E-state index is 0.720. The Bertz CT molecular complexity index is 298. The molecule has 0 aliphatic heterocycles. The lowest BCUT2D eigenvalue weighted by molar-refractivity contribution is 0.583. The van der Waals surface area contributed by atoms with Crippen LogP contribution in [0.15, 0.2) is 12.4 Å². The molecule has 84 valence electrons. The van der Waals surface area contributed by atoms with E-state index in [9.17, 15) is 0 Å². The summed E-state index contributed by atoms with van der Waals surface area (Å²) in [6.07, 6.45) is 2.77. The molecule has 0 aliphatic rings. The summed E-state index contributed by atoms with van der Waals surface area (Å²) >= 11 is 0. The van der Waals surface area contributed by atoms with Crippen molar-refractivity contribution >= 4 is 11.6 Å². The van der Waals surface area contributed by atoms with E-state index in [1.54, 1.807) is 6.33 Å². The largest absolute Gasteiger partial charge is 0.373 e. The SMILES string of the molecule is CNc1cc(N(C)CCC(C)C)ncn1. The average Bonchev–Trinajstić information content (AvgIpc) is 2.26. The second-order valence-electron chi connectivity index (χ2n) is 4.12. The summed E-state index contributed by atoms with van der Waals surface area (Å²) in [4.78, 5) is 10.5. The lowest BCUT2D eigenvalue weighted by Crippen LogP contribution is -2.21. The molecule has 4 heteroatoms. The highest BCUT2D eigenvalue weighted by atomic mass is 15.2. The van der Waals surface area contributed by atoms with E-state index in [-0.39, 0.29) is 0 Å². The van der Waals surface area contributed by atoms with E-state index in [0.717, 1.165) is 24.1 Å². The molecule has 1 N–H and O–H groups in total. The van der Waals surface area contributed by atoms with Gasteiger partial charge in [-0.2, -0.15) is 0 Å². The first-order valence-electron chi connectivity index (χ1n) is 5.34. The predicted octanol–water partition coefficient (Wildman–Crippen LogP) is 2.00. The maximum absolute atomic E-state index is 4.24. The molecule has 0 fully saturated rings. The second-order valence-corrected chi connectivity index (χ2v) is 4.12. The molecule has 0 saturated heterocycles. The van der Waals surface area contributed by atoms with Crippen LogP contribution in [-0.2, 0) is 0 Å². The zero-order chi connectivity index (χ0) is 11.3. The molecule has 1 aromatic heterocycles. The molecule has 1 rings (SSSR count). The summed E-state index contributed by atoms with van der Waals surface area (Å²) < 4.78 is 0. The van der Waals surface area contributed by atoms with E-state index < -0.39 is 0 Å². The Morgan fingerprint density at radius 1 is 1.40 bits per heavy atom. The molecule has 1 heterocycles. The lowest BCUT2D eigenvalue weighted by atomic mass is 10.1. The molecular weight excluding hydrogens is 188 g/mol. The van der Waals surface area contributed by atoms with Crippen LogP contribution in [0, 0.1) is 5.92 Å². The highest BCUT2D eigenvalue weighted by Gasteiger charge is 2.04. The zero-order valence-electron chi connectivity index (χ0n) is 9.99. The van der Waals surface area contributed by atoms with Crippen molar-refractivity contribution in [1.29, 1.82) is 0 Å². The summed E-state index contributed by atoms with van der Waals surface area (Å²) in [5, 5.41) is 3.01. The van der Waals surface area contributed by atoms with Crippen molar-refractivity contribution < 1.29 is 0 Å². The van der Waals surface area contributed by atoms with Gasteiger partial charge in [-0.3, -0.25) is 0 Å². The van der Waals surface area contributed by atoms with Crippen molar-refractivity contribution in [2.24, 2.45) is 5.92 Å². The maximum Gasteiger partial charge on any atom is 0.133 e. The fourth-order valence-corrected chi connectivity index (χ4v) is 1.26. The second kappa shape index (κ2) is 5.53. The van der Waals surface area contributed by atoms with Gasteiger partial charge in [-0.1, -0.05) is 13.8 Å². The van der Waals surface area contributed by atoms with E-state index in [1.807, 2.05) is 13.1 Å². The minimum Gasteiger partial charge on any atom is -0.373 e. The van der Waals surface area contributed by atoms with Crippen LogP contribution in [0.4, 0.5) is 11.6 Å². The summed E-state index contributed by atoms with van der Waals surface area (Å²) in [5.41, 5.74) is 0. The third-order valence-electron chi connectivity index (χ3n) is 2.34. The van der Waals surface area contributed by atoms with Crippen molar-refractivity contribution in [2.45, 2.75) is 20.3 Å². The summed E-state index contributed by atoms with van der Waals surface area (Å²) in [5.74, 6) is 2.55. The van der Waals surface area contributed by atoms with Gasteiger partial charge in [0, 0.05) is 26.7 Å². The number of rotatable bonds is 5. The van der Waals surface area contributed by atoms with Gasteiger partial charge in [0.2, 0.25) is 0 Å². The highest BCUT2D eigenvalue weighted by molar-refractivity contribution is 5.47. The Kier molecular flexibility index (Phi) is 4.34. The first-order chi connectivity index (χ1) is 7.13. The first-order valence-corrected chi connectivity index (χ1v) is 5.34. The van der Waals surface area contributed by atoms with Gasteiger partial charge in [0.15, 0.2) is 0 Å². The molecule has 0 saturated carbocycles. The normalized spacial score (nSPS) is 10.5. The van der Waals surface area contributed by atoms with Crippen molar-refractivity contribution in [3.8, 4) is 0 Å². The van der Waals surface area contributed by atoms with E-state index in [1.165, 1.54) is 6.42 Å². The fourth-order valence-electron chi connectivity index (χ4n) is 1.26. The van der Waals surface area contributed by atoms with Crippen LogP contribution in [0.2, 0.25) is 0 Å². The first kappa shape index (κ1) is 11.8. The van der Waals surface area contributed by atoms with Crippen LogP contribution in [0.1, 0.15) is 20.3 Å². The summed E-state index contributed by atoms with van der Waals surface area (Å²) in [7, 11) is 3.92. The molecule has 0 unspecified atom stereocenters. The predicted molar refractivity (Wildman–Crippen MR) is 64.3 cm³/mol. The number of nitrogens with zero attached hydrogens (tertiary/aromatic N) is 3. The average molecular weight is 208 g/mol. The number of nitrogens with one attached hydrogen (secondary N) is 1. The van der Waals surface area contributed by atoms with Gasteiger partial charge in [0.25, 0.3) is 0 Å². The third kappa shape index (κ3) is 3.73. The van der Waals surface area contributed by atoms with Crippen molar-refractivity contribution in [3.63, 3.8) is 0 Å². The molecule has 4 nitrogen and oxygen atoms in total. The molecule has 15 heavy (non-hydrogen) atoms. The third-order valence-corrected chi connectivity index (χ3v) is 2.34. The number of hydrogen-bond donors (Lipinski definition) is 1. The van der Waals surface area contributed by atoms with Crippen LogP contribution >= 0.6 is 0 Å². The summed E-state index contributed by atoms with van der Waals surface area (Å²) in [6, 6.07) is 1.96. The van der Waals surface area contributed by atoms with E-state index in [2.05, 4.69) is 41.1 Å². The van der Waals surface area contributed by atoms with Crippen LogP contribution in [-0.4, -0.2) is 30.6 Å². The Labute approximate surface area is 91.7 Å². The zero-order valence-corrected chi connectivity index (χ0v) is 9.99. The van der Waals surface area contributed by atoms with Crippen molar-refractivity contribution in [1.82, 2.24) is 9.97 Å². The van der Waals surface area contributed by atoms with Gasteiger partial charge in [0.1, 0.15) is 18.0 Å². The van der Waals surface area contributed by atoms with Crippen LogP contribution in [0.25, 0.3) is 0 Å². The van der Waals surface area contributed by atoms with Gasteiger partial charge >= 0.3 is 0 Å². The van der Waals surface area contributed by atoms with Gasteiger partial charge in [-0.05, 0) is 12.3 Å². The molecule has 0 radical (unpaired) electrons.